The van der Waals surface area contributed by atoms with Gasteiger partial charge in [0.15, 0.2) is 0 Å². The molecule has 1 unspecified atom stereocenters. The van der Waals surface area contributed by atoms with Crippen LogP contribution in [0.1, 0.15) is 20.3 Å². The van der Waals surface area contributed by atoms with E-state index in [1.807, 2.05) is 19.9 Å². The molecule has 0 radical (unpaired) electrons. The van der Waals surface area contributed by atoms with E-state index in [2.05, 4.69) is 11.4 Å². The highest BCUT2D eigenvalue weighted by molar-refractivity contribution is 5.80. The van der Waals surface area contributed by atoms with Gasteiger partial charge < -0.3 is 10.2 Å². The molecule has 13 heavy (non-hydrogen) atoms. The third kappa shape index (κ3) is 5.42. The summed E-state index contributed by atoms with van der Waals surface area (Å²) in [5, 5.41) is 3.16. The van der Waals surface area contributed by atoms with Crippen LogP contribution in [0, 0.1) is 0 Å². The maximum Gasteiger partial charge on any atom is 0.238 e. The smallest absolute Gasteiger partial charge is 0.238 e. The van der Waals surface area contributed by atoms with Crippen molar-refractivity contribution in [1.29, 1.82) is 0 Å². The largest absolute Gasteiger partial charge is 0.347 e. The first kappa shape index (κ1) is 12.2. The van der Waals surface area contributed by atoms with E-state index >= 15 is 0 Å². The fourth-order valence-electron chi connectivity index (χ4n) is 1.02. The molecule has 0 saturated carbocycles. The van der Waals surface area contributed by atoms with Crippen LogP contribution in [0.5, 0.6) is 0 Å². The molecule has 0 bridgehead atoms. The van der Waals surface area contributed by atoms with Gasteiger partial charge in [-0.15, -0.1) is 0 Å². The van der Waals surface area contributed by atoms with Crippen LogP contribution >= 0.6 is 0 Å². The Bertz CT molecular complexity index is 176. The highest BCUT2D eigenvalue weighted by atomic mass is 16.2. The number of likely N-dealkylation sites (N-methyl/N-ethyl adjacent to an activating group) is 1. The zero-order chi connectivity index (χ0) is 10.3. The Kier molecular flexibility index (Phi) is 6.24. The van der Waals surface area contributed by atoms with Crippen molar-refractivity contribution in [3.63, 3.8) is 0 Å². The van der Waals surface area contributed by atoms with Crippen molar-refractivity contribution in [2.45, 2.75) is 26.3 Å². The first-order valence-corrected chi connectivity index (χ1v) is 4.65. The molecule has 0 fully saturated rings. The van der Waals surface area contributed by atoms with E-state index in [9.17, 15) is 4.79 Å². The predicted octanol–water partition coefficient (Wildman–Crippen LogP) is 1.02. The Morgan fingerprint density at radius 2 is 2.15 bits per heavy atom. The van der Waals surface area contributed by atoms with E-state index in [4.69, 9.17) is 0 Å². The molecule has 0 heterocycles. The second-order valence-corrected chi connectivity index (χ2v) is 3.27. The van der Waals surface area contributed by atoms with Gasteiger partial charge >= 0.3 is 0 Å². The average molecular weight is 184 g/mol. The van der Waals surface area contributed by atoms with E-state index < -0.39 is 0 Å². The van der Waals surface area contributed by atoms with Gasteiger partial charge in [-0.2, -0.15) is 0 Å². The molecule has 0 aromatic carbocycles. The Morgan fingerprint density at radius 3 is 2.62 bits per heavy atom. The Hall–Kier alpha value is -0.830. The molecule has 0 aliphatic heterocycles. The van der Waals surface area contributed by atoms with Gasteiger partial charge in [-0.1, -0.05) is 12.2 Å². The summed E-state index contributed by atoms with van der Waals surface area (Å²) >= 11 is 0. The van der Waals surface area contributed by atoms with E-state index in [0.717, 1.165) is 13.0 Å². The molecule has 0 rings (SSSR count). The summed E-state index contributed by atoms with van der Waals surface area (Å²) in [4.78, 5) is 13.0. The van der Waals surface area contributed by atoms with Crippen molar-refractivity contribution in [2.24, 2.45) is 0 Å². The van der Waals surface area contributed by atoms with Gasteiger partial charge in [0.1, 0.15) is 0 Å². The Balaban J connectivity index is 3.62. The molecule has 1 atom stereocenters. The van der Waals surface area contributed by atoms with Crippen molar-refractivity contribution in [3.05, 3.63) is 12.2 Å². The van der Waals surface area contributed by atoms with Crippen molar-refractivity contribution in [3.8, 4) is 0 Å². The molecule has 1 N–H and O–H groups in total. The van der Waals surface area contributed by atoms with E-state index in [1.165, 1.54) is 0 Å². The number of nitrogens with one attached hydrogen (secondary N) is 1. The first-order valence-electron chi connectivity index (χ1n) is 4.65. The van der Waals surface area contributed by atoms with Gasteiger partial charge in [-0.05, 0) is 26.8 Å². The molecule has 0 aromatic rings. The summed E-state index contributed by atoms with van der Waals surface area (Å²) in [5.41, 5.74) is 0. The van der Waals surface area contributed by atoms with E-state index in [0.29, 0.717) is 0 Å². The summed E-state index contributed by atoms with van der Waals surface area (Å²) in [6.07, 6.45) is 5.07. The van der Waals surface area contributed by atoms with Crippen LogP contribution in [-0.4, -0.2) is 37.5 Å². The van der Waals surface area contributed by atoms with Crippen LogP contribution < -0.4 is 5.32 Å². The zero-order valence-electron chi connectivity index (χ0n) is 9.00. The van der Waals surface area contributed by atoms with Crippen molar-refractivity contribution in [2.75, 3.05) is 20.6 Å². The van der Waals surface area contributed by atoms with Crippen molar-refractivity contribution < 1.29 is 4.79 Å². The lowest BCUT2D eigenvalue weighted by molar-refractivity contribution is -0.130. The van der Waals surface area contributed by atoms with Gasteiger partial charge in [-0.3, -0.25) is 4.79 Å². The quantitative estimate of drug-likeness (QED) is 0.511. The maximum absolute atomic E-state index is 11.4. The van der Waals surface area contributed by atoms with E-state index in [-0.39, 0.29) is 11.9 Å². The SMILES string of the molecule is C/C=C/CCNC(C)C(=O)N(C)C. The van der Waals surface area contributed by atoms with Crippen LogP contribution in [0.25, 0.3) is 0 Å². The fourth-order valence-corrected chi connectivity index (χ4v) is 1.02. The molecule has 0 aliphatic carbocycles. The van der Waals surface area contributed by atoms with Gasteiger partial charge in [0.25, 0.3) is 0 Å². The lowest BCUT2D eigenvalue weighted by Crippen LogP contribution is -2.41. The van der Waals surface area contributed by atoms with Crippen molar-refractivity contribution in [1.82, 2.24) is 10.2 Å². The summed E-state index contributed by atoms with van der Waals surface area (Å²) in [6.45, 7) is 4.73. The maximum atomic E-state index is 11.4. The van der Waals surface area contributed by atoms with Crippen LogP contribution in [-0.2, 0) is 4.79 Å². The molecule has 3 nitrogen and oxygen atoms in total. The number of hydrogen-bond acceptors (Lipinski definition) is 2. The summed E-state index contributed by atoms with van der Waals surface area (Å²) in [6, 6.07) is -0.0831. The fraction of sp³-hybridized carbons (Fsp3) is 0.700. The molecule has 0 saturated heterocycles. The van der Waals surface area contributed by atoms with Crippen LogP contribution in [0.15, 0.2) is 12.2 Å². The first-order chi connectivity index (χ1) is 6.09. The average Bonchev–Trinajstić information content (AvgIpc) is 2.10. The van der Waals surface area contributed by atoms with Gasteiger partial charge in [-0.25, -0.2) is 0 Å². The standard InChI is InChI=1S/C10H20N2O/c1-5-6-7-8-11-9(2)10(13)12(3)4/h5-6,9,11H,7-8H2,1-4H3/b6-5+. The second-order valence-electron chi connectivity index (χ2n) is 3.27. The van der Waals surface area contributed by atoms with Crippen LogP contribution in [0.2, 0.25) is 0 Å². The molecule has 0 aliphatic rings. The highest BCUT2D eigenvalue weighted by Gasteiger charge is 2.12. The van der Waals surface area contributed by atoms with E-state index in [1.54, 1.807) is 19.0 Å². The van der Waals surface area contributed by atoms with Gasteiger partial charge in [0.2, 0.25) is 5.91 Å². The number of rotatable bonds is 5. The number of hydrogen-bond donors (Lipinski definition) is 1. The van der Waals surface area contributed by atoms with Crippen LogP contribution in [0.4, 0.5) is 0 Å². The number of nitrogens with zero attached hydrogens (tertiary/aromatic N) is 1. The third-order valence-electron chi connectivity index (χ3n) is 1.81. The Labute approximate surface area is 80.8 Å². The van der Waals surface area contributed by atoms with Gasteiger partial charge in [0, 0.05) is 14.1 Å². The van der Waals surface area contributed by atoms with Crippen LogP contribution in [0.3, 0.4) is 0 Å². The lowest BCUT2D eigenvalue weighted by atomic mass is 10.3. The number of carbonyl (C=O) groups is 1. The molecule has 0 aromatic heterocycles. The molecular formula is C10H20N2O. The second kappa shape index (κ2) is 6.66. The van der Waals surface area contributed by atoms with Crippen molar-refractivity contribution >= 4 is 5.91 Å². The number of carbonyl (C=O) groups excluding carboxylic acids is 1. The zero-order valence-corrected chi connectivity index (χ0v) is 9.00. The molecule has 0 spiro atoms. The predicted molar refractivity (Wildman–Crippen MR) is 55.6 cm³/mol. The molecular weight excluding hydrogens is 164 g/mol. The number of allylic oxidation sites excluding steroid dienone is 1. The number of amides is 1. The Morgan fingerprint density at radius 1 is 1.54 bits per heavy atom. The minimum Gasteiger partial charge on any atom is -0.347 e. The lowest BCUT2D eigenvalue weighted by Gasteiger charge is -2.17. The molecule has 3 heteroatoms. The topological polar surface area (TPSA) is 32.3 Å². The monoisotopic (exact) mass is 184 g/mol. The minimum absolute atomic E-state index is 0.0831. The van der Waals surface area contributed by atoms with Gasteiger partial charge in [0.05, 0.1) is 6.04 Å². The summed E-state index contributed by atoms with van der Waals surface area (Å²) < 4.78 is 0. The normalized spacial score (nSPS) is 13.2. The highest BCUT2D eigenvalue weighted by Crippen LogP contribution is 1.89. The summed E-state index contributed by atoms with van der Waals surface area (Å²) in [5.74, 6) is 0.125. The molecule has 76 valence electrons. The molecule has 1 amide bonds. The minimum atomic E-state index is -0.0831. The summed E-state index contributed by atoms with van der Waals surface area (Å²) in [7, 11) is 3.54. The third-order valence-corrected chi connectivity index (χ3v) is 1.81.